The van der Waals surface area contributed by atoms with E-state index in [9.17, 15) is 4.79 Å². The van der Waals surface area contributed by atoms with E-state index in [2.05, 4.69) is 13.0 Å². The van der Waals surface area contributed by atoms with Gasteiger partial charge in [0.15, 0.2) is 25.1 Å². The highest BCUT2D eigenvalue weighted by atomic mass is 16.7. The normalized spacial score (nSPS) is 11.2. The molecule has 0 aliphatic heterocycles. The lowest BCUT2D eigenvalue weighted by Crippen LogP contribution is -2.05. The maximum Gasteiger partial charge on any atom is 0.338 e. The Morgan fingerprint density at radius 1 is 0.839 bits per heavy atom. The van der Waals surface area contributed by atoms with Crippen molar-refractivity contribution in [1.82, 2.24) is 0 Å². The van der Waals surface area contributed by atoms with Gasteiger partial charge in [-0.1, -0.05) is 49.4 Å². The number of hydrogen-bond acceptors (Lipinski definition) is 6. The molecule has 0 amide bonds. The van der Waals surface area contributed by atoms with Crippen LogP contribution >= 0.6 is 0 Å². The fraction of sp³-hybridized carbons (Fsp3) is 0.320. The van der Waals surface area contributed by atoms with Gasteiger partial charge in [0.05, 0.1) is 12.2 Å². The molecule has 2 rings (SSSR count). The lowest BCUT2D eigenvalue weighted by molar-refractivity contribution is 0.0322. The lowest BCUT2D eigenvalue weighted by atomic mass is 10.1. The summed E-state index contributed by atoms with van der Waals surface area (Å²) < 4.78 is 26.3. The van der Waals surface area contributed by atoms with E-state index in [1.165, 1.54) is 0 Å². The van der Waals surface area contributed by atoms with E-state index in [1.807, 2.05) is 48.6 Å². The predicted molar refractivity (Wildman–Crippen MR) is 121 cm³/mol. The highest BCUT2D eigenvalue weighted by Gasteiger charge is 2.07. The molecule has 0 heterocycles. The van der Waals surface area contributed by atoms with Crippen molar-refractivity contribution in [2.45, 2.75) is 19.8 Å². The molecule has 31 heavy (non-hydrogen) atoms. The van der Waals surface area contributed by atoms with Crippen molar-refractivity contribution in [3.05, 3.63) is 71.3 Å². The van der Waals surface area contributed by atoms with Gasteiger partial charge in [0.2, 0.25) is 0 Å². The van der Waals surface area contributed by atoms with Gasteiger partial charge in [-0.15, -0.1) is 0 Å². The summed E-state index contributed by atoms with van der Waals surface area (Å²) in [5.74, 6) is 0.823. The first kappa shape index (κ1) is 24.2. The molecule has 2 aromatic rings. The third kappa shape index (κ3) is 8.66. The van der Waals surface area contributed by atoms with Gasteiger partial charge in [0, 0.05) is 14.2 Å². The van der Waals surface area contributed by atoms with E-state index in [-0.39, 0.29) is 19.6 Å². The van der Waals surface area contributed by atoms with E-state index in [0.29, 0.717) is 23.7 Å². The Morgan fingerprint density at radius 2 is 1.48 bits per heavy atom. The van der Waals surface area contributed by atoms with Gasteiger partial charge < -0.3 is 23.7 Å². The number of esters is 1. The maximum absolute atomic E-state index is 12.1. The van der Waals surface area contributed by atoms with Crippen molar-refractivity contribution >= 4 is 18.1 Å². The van der Waals surface area contributed by atoms with E-state index >= 15 is 0 Å². The molecule has 0 bridgehead atoms. The summed E-state index contributed by atoms with van der Waals surface area (Å²) in [5, 5.41) is 0. The van der Waals surface area contributed by atoms with Crippen molar-refractivity contribution in [2.24, 2.45) is 0 Å². The first-order chi connectivity index (χ1) is 15.2. The highest BCUT2D eigenvalue weighted by molar-refractivity contribution is 5.89. The van der Waals surface area contributed by atoms with Crippen LogP contribution in [0.2, 0.25) is 0 Å². The molecule has 6 nitrogen and oxygen atoms in total. The second-order valence-electron chi connectivity index (χ2n) is 6.57. The summed E-state index contributed by atoms with van der Waals surface area (Å²) in [6.45, 7) is 2.69. The molecular formula is C25H30O6. The van der Waals surface area contributed by atoms with Crippen molar-refractivity contribution in [3.63, 3.8) is 0 Å². The maximum atomic E-state index is 12.1. The SMILES string of the molecule is CC/C=C/CCOC(=O)c1ccc(/C=C/c2ccc(OCOC)c(OCOC)c2)cc1. The van der Waals surface area contributed by atoms with Gasteiger partial charge >= 0.3 is 5.97 Å². The summed E-state index contributed by atoms with van der Waals surface area (Å²) in [6, 6.07) is 12.9. The molecule has 0 saturated heterocycles. The van der Waals surface area contributed by atoms with Crippen LogP contribution in [-0.2, 0) is 14.2 Å². The third-order valence-electron chi connectivity index (χ3n) is 4.17. The Hall–Kier alpha value is -3.09. The zero-order valence-electron chi connectivity index (χ0n) is 18.3. The van der Waals surface area contributed by atoms with Gasteiger partial charge in [-0.05, 0) is 48.2 Å². The fourth-order valence-corrected chi connectivity index (χ4v) is 2.62. The van der Waals surface area contributed by atoms with Crippen molar-refractivity contribution < 1.29 is 28.5 Å². The number of benzene rings is 2. The van der Waals surface area contributed by atoms with E-state index < -0.39 is 0 Å². The minimum atomic E-state index is -0.313. The Kier molecular flexibility index (Phi) is 10.9. The predicted octanol–water partition coefficient (Wildman–Crippen LogP) is 5.34. The monoisotopic (exact) mass is 426 g/mol. The minimum absolute atomic E-state index is 0.114. The van der Waals surface area contributed by atoms with E-state index in [0.717, 1.165) is 24.0 Å². The zero-order chi connectivity index (χ0) is 22.3. The van der Waals surface area contributed by atoms with Crippen LogP contribution in [0.1, 0.15) is 41.3 Å². The molecule has 0 fully saturated rings. The molecule has 166 valence electrons. The second-order valence-corrected chi connectivity index (χ2v) is 6.57. The van der Waals surface area contributed by atoms with Gasteiger partial charge in [-0.25, -0.2) is 4.79 Å². The zero-order valence-corrected chi connectivity index (χ0v) is 18.3. The van der Waals surface area contributed by atoms with Crippen molar-refractivity contribution in [1.29, 1.82) is 0 Å². The Balaban J connectivity index is 1.99. The Morgan fingerprint density at radius 3 is 2.16 bits per heavy atom. The Labute approximate surface area is 184 Å². The summed E-state index contributed by atoms with van der Waals surface area (Å²) in [4.78, 5) is 12.1. The third-order valence-corrected chi connectivity index (χ3v) is 4.17. The molecule has 0 unspecified atom stereocenters. The first-order valence-corrected chi connectivity index (χ1v) is 10.2. The van der Waals surface area contributed by atoms with Crippen LogP contribution in [0.15, 0.2) is 54.6 Å². The molecule has 2 aromatic carbocycles. The van der Waals surface area contributed by atoms with Crippen LogP contribution in [0.4, 0.5) is 0 Å². The van der Waals surface area contributed by atoms with Crippen LogP contribution in [0, 0.1) is 0 Å². The fourth-order valence-electron chi connectivity index (χ4n) is 2.62. The molecule has 0 radical (unpaired) electrons. The van der Waals surface area contributed by atoms with E-state index in [4.69, 9.17) is 23.7 Å². The van der Waals surface area contributed by atoms with Crippen LogP contribution in [-0.4, -0.2) is 40.4 Å². The first-order valence-electron chi connectivity index (χ1n) is 10.2. The second kappa shape index (κ2) is 14.0. The summed E-state index contributed by atoms with van der Waals surface area (Å²) >= 11 is 0. The number of carbonyl (C=O) groups is 1. The van der Waals surface area contributed by atoms with Gasteiger partial charge in [-0.2, -0.15) is 0 Å². The number of rotatable bonds is 13. The molecule has 0 aromatic heterocycles. The lowest BCUT2D eigenvalue weighted by Gasteiger charge is -2.12. The summed E-state index contributed by atoms with van der Waals surface area (Å²) in [7, 11) is 3.12. The van der Waals surface area contributed by atoms with Gasteiger partial charge in [0.1, 0.15) is 0 Å². The number of allylic oxidation sites excluding steroid dienone is 1. The van der Waals surface area contributed by atoms with Crippen molar-refractivity contribution in [3.8, 4) is 11.5 Å². The van der Waals surface area contributed by atoms with Crippen LogP contribution < -0.4 is 9.47 Å². The minimum Gasteiger partial charge on any atom is -0.464 e. The molecule has 0 aliphatic rings. The average molecular weight is 427 g/mol. The number of methoxy groups -OCH3 is 2. The quantitative estimate of drug-likeness (QED) is 0.142. The number of ether oxygens (including phenoxy) is 5. The molecule has 0 saturated carbocycles. The molecule has 0 spiro atoms. The summed E-state index contributed by atoms with van der Waals surface area (Å²) in [5.41, 5.74) is 2.42. The molecule has 0 N–H and O–H groups in total. The highest BCUT2D eigenvalue weighted by Crippen LogP contribution is 2.29. The topological polar surface area (TPSA) is 63.2 Å². The number of carbonyl (C=O) groups excluding carboxylic acids is 1. The van der Waals surface area contributed by atoms with Gasteiger partial charge in [0.25, 0.3) is 0 Å². The smallest absolute Gasteiger partial charge is 0.338 e. The van der Waals surface area contributed by atoms with E-state index in [1.54, 1.807) is 26.4 Å². The van der Waals surface area contributed by atoms with Crippen LogP contribution in [0.3, 0.4) is 0 Å². The van der Waals surface area contributed by atoms with Gasteiger partial charge in [-0.3, -0.25) is 0 Å². The molecule has 0 aliphatic carbocycles. The Bertz CT molecular complexity index is 855. The number of hydrogen-bond donors (Lipinski definition) is 0. The molecular weight excluding hydrogens is 396 g/mol. The average Bonchev–Trinajstić information content (AvgIpc) is 2.80. The van der Waals surface area contributed by atoms with Crippen LogP contribution in [0.5, 0.6) is 11.5 Å². The largest absolute Gasteiger partial charge is 0.464 e. The molecule has 6 heteroatoms. The van der Waals surface area contributed by atoms with Crippen LogP contribution in [0.25, 0.3) is 12.2 Å². The van der Waals surface area contributed by atoms with Crippen molar-refractivity contribution in [2.75, 3.05) is 34.4 Å². The standard InChI is InChI=1S/C25H30O6/c1-4-5-6-7-16-29-25(26)22-13-10-20(11-14-22)8-9-21-12-15-23(30-18-27-2)24(17-21)31-19-28-3/h5-6,8-15,17H,4,7,16,18-19H2,1-3H3/b6-5+,9-8+. The summed E-state index contributed by atoms with van der Waals surface area (Å²) in [6.07, 6.45) is 9.69. The molecule has 0 atom stereocenters.